The molecule has 1 unspecified atom stereocenters. The molecule has 1 saturated heterocycles. The molecule has 3 rings (SSSR count). The van der Waals surface area contributed by atoms with E-state index in [1.165, 1.54) is 29.7 Å². The van der Waals surface area contributed by atoms with Crippen LogP contribution in [0.15, 0.2) is 24.4 Å². The van der Waals surface area contributed by atoms with E-state index in [1.54, 1.807) is 18.3 Å². The highest BCUT2D eigenvalue weighted by molar-refractivity contribution is 5.90. The molecule has 0 radical (unpaired) electrons. The number of amides is 3. The number of halogens is 1. The lowest BCUT2D eigenvalue weighted by Gasteiger charge is -2.25. The molecule has 2 aliphatic heterocycles. The minimum Gasteiger partial charge on any atom is -0.456 e. The Morgan fingerprint density at radius 2 is 2.06 bits per heavy atom. The zero-order chi connectivity index (χ0) is 22.5. The Kier molecular flexibility index (Phi) is 6.88. The second-order valence-corrected chi connectivity index (χ2v) is 7.34. The number of allylic oxidation sites excluding steroid dienone is 1. The zero-order valence-electron chi connectivity index (χ0n) is 17.4. The molecule has 1 aromatic carbocycles. The normalized spacial score (nSPS) is 18.4. The van der Waals surface area contributed by atoms with E-state index in [0.29, 0.717) is 36.2 Å². The SMILES string of the molecule is CC(=O)NCC1CN(c2ccc(C3=CN(C(=O)COC(C)=O)CCC3)c(F)c2)C(=O)O1. The van der Waals surface area contributed by atoms with Gasteiger partial charge in [-0.1, -0.05) is 0 Å². The third-order valence-electron chi connectivity index (χ3n) is 4.94. The van der Waals surface area contributed by atoms with E-state index < -0.39 is 24.0 Å². The fourth-order valence-electron chi connectivity index (χ4n) is 3.43. The fourth-order valence-corrected chi connectivity index (χ4v) is 3.43. The highest BCUT2D eigenvalue weighted by Crippen LogP contribution is 2.31. The van der Waals surface area contributed by atoms with Crippen molar-refractivity contribution < 1.29 is 33.0 Å². The summed E-state index contributed by atoms with van der Waals surface area (Å²) in [6, 6.07) is 4.42. The molecule has 3 amide bonds. The fraction of sp³-hybridized carbons (Fsp3) is 0.429. The number of carbonyl (C=O) groups excluding carboxylic acids is 4. The van der Waals surface area contributed by atoms with Crippen LogP contribution in [-0.2, 0) is 23.9 Å². The number of carbonyl (C=O) groups is 4. The molecule has 2 aliphatic rings. The van der Waals surface area contributed by atoms with Gasteiger partial charge in [0, 0.05) is 32.2 Å². The summed E-state index contributed by atoms with van der Waals surface area (Å²) in [5, 5.41) is 2.59. The van der Waals surface area contributed by atoms with E-state index >= 15 is 0 Å². The average molecular weight is 433 g/mol. The second kappa shape index (κ2) is 9.59. The number of rotatable bonds is 6. The predicted molar refractivity (Wildman–Crippen MR) is 108 cm³/mol. The molecule has 0 aromatic heterocycles. The third kappa shape index (κ3) is 5.59. The molecule has 166 valence electrons. The number of ether oxygens (including phenoxy) is 2. The first-order valence-electron chi connectivity index (χ1n) is 9.90. The maximum atomic E-state index is 14.9. The molecule has 1 fully saturated rings. The monoisotopic (exact) mass is 433 g/mol. The van der Waals surface area contributed by atoms with E-state index in [4.69, 9.17) is 9.47 Å². The maximum Gasteiger partial charge on any atom is 0.414 e. The van der Waals surface area contributed by atoms with Crippen LogP contribution >= 0.6 is 0 Å². The number of hydrogen-bond acceptors (Lipinski definition) is 6. The van der Waals surface area contributed by atoms with Gasteiger partial charge in [0.15, 0.2) is 6.61 Å². The van der Waals surface area contributed by atoms with Crippen molar-refractivity contribution in [2.75, 3.05) is 31.1 Å². The molecular weight excluding hydrogens is 409 g/mol. The van der Waals surface area contributed by atoms with Crippen LogP contribution in [0.2, 0.25) is 0 Å². The average Bonchev–Trinajstić information content (AvgIpc) is 3.11. The first-order chi connectivity index (χ1) is 14.7. The molecule has 9 nitrogen and oxygen atoms in total. The Hall–Kier alpha value is -3.43. The summed E-state index contributed by atoms with van der Waals surface area (Å²) in [5.74, 6) is -1.69. The van der Waals surface area contributed by atoms with Gasteiger partial charge in [-0.05, 0) is 36.6 Å². The molecule has 1 atom stereocenters. The summed E-state index contributed by atoms with van der Waals surface area (Å²) in [5.41, 5.74) is 1.31. The number of benzene rings is 1. The van der Waals surface area contributed by atoms with Crippen LogP contribution in [0.4, 0.5) is 14.9 Å². The van der Waals surface area contributed by atoms with E-state index in [9.17, 15) is 23.6 Å². The highest BCUT2D eigenvalue weighted by Gasteiger charge is 2.33. The van der Waals surface area contributed by atoms with Crippen molar-refractivity contribution >= 4 is 35.1 Å². The quantitative estimate of drug-likeness (QED) is 0.686. The number of hydrogen-bond donors (Lipinski definition) is 1. The predicted octanol–water partition coefficient (Wildman–Crippen LogP) is 1.81. The lowest BCUT2D eigenvalue weighted by atomic mass is 9.98. The molecular formula is C21H24FN3O6. The number of esters is 1. The van der Waals surface area contributed by atoms with Crippen LogP contribution in [0.1, 0.15) is 32.3 Å². The van der Waals surface area contributed by atoms with Crippen LogP contribution in [0, 0.1) is 5.82 Å². The number of anilines is 1. The van der Waals surface area contributed by atoms with Gasteiger partial charge in [0.1, 0.15) is 11.9 Å². The molecule has 31 heavy (non-hydrogen) atoms. The Bertz CT molecular complexity index is 932. The van der Waals surface area contributed by atoms with Crippen molar-refractivity contribution in [3.8, 4) is 0 Å². The minimum absolute atomic E-state index is 0.183. The smallest absolute Gasteiger partial charge is 0.414 e. The summed E-state index contributed by atoms with van der Waals surface area (Å²) in [7, 11) is 0. The standard InChI is InChI=1S/C21H24FN3O6/c1-13(26)23-9-17-11-25(21(29)31-17)16-5-6-18(19(22)8-16)15-4-3-7-24(10-15)20(28)12-30-14(2)27/h5-6,8,10,17H,3-4,7,9,11-12H2,1-2H3,(H,23,26). The summed E-state index contributed by atoms with van der Waals surface area (Å²) in [6.45, 7) is 3.06. The van der Waals surface area contributed by atoms with Crippen molar-refractivity contribution in [2.45, 2.75) is 32.8 Å². The molecule has 2 heterocycles. The molecule has 0 bridgehead atoms. The van der Waals surface area contributed by atoms with E-state index in [1.807, 2.05) is 0 Å². The van der Waals surface area contributed by atoms with Crippen molar-refractivity contribution in [1.82, 2.24) is 10.2 Å². The Morgan fingerprint density at radius 1 is 1.29 bits per heavy atom. The first-order valence-corrected chi connectivity index (χ1v) is 9.90. The number of nitrogens with zero attached hydrogens (tertiary/aromatic N) is 2. The van der Waals surface area contributed by atoms with Crippen molar-refractivity contribution in [3.63, 3.8) is 0 Å². The van der Waals surface area contributed by atoms with E-state index in [2.05, 4.69) is 5.32 Å². The van der Waals surface area contributed by atoms with Gasteiger partial charge in [-0.25, -0.2) is 9.18 Å². The molecule has 0 saturated carbocycles. The Balaban J connectivity index is 1.71. The number of cyclic esters (lactones) is 1. The second-order valence-electron chi connectivity index (χ2n) is 7.34. The highest BCUT2D eigenvalue weighted by atomic mass is 19.1. The summed E-state index contributed by atoms with van der Waals surface area (Å²) < 4.78 is 24.8. The largest absolute Gasteiger partial charge is 0.456 e. The van der Waals surface area contributed by atoms with Gasteiger partial charge in [0.2, 0.25) is 5.91 Å². The Labute approximate surface area is 178 Å². The lowest BCUT2D eigenvalue weighted by molar-refractivity contribution is -0.149. The van der Waals surface area contributed by atoms with Gasteiger partial charge in [-0.2, -0.15) is 0 Å². The van der Waals surface area contributed by atoms with E-state index in [0.717, 1.165) is 0 Å². The first kappa shape index (κ1) is 22.3. The van der Waals surface area contributed by atoms with Crippen molar-refractivity contribution in [3.05, 3.63) is 35.8 Å². The topological polar surface area (TPSA) is 105 Å². The minimum atomic E-state index is -0.610. The summed E-state index contributed by atoms with van der Waals surface area (Å²) in [4.78, 5) is 49.0. The molecule has 0 aliphatic carbocycles. The Morgan fingerprint density at radius 3 is 2.74 bits per heavy atom. The van der Waals surface area contributed by atoms with Crippen LogP contribution in [0.5, 0.6) is 0 Å². The van der Waals surface area contributed by atoms with Gasteiger partial charge < -0.3 is 19.7 Å². The van der Waals surface area contributed by atoms with E-state index in [-0.39, 0.29) is 31.5 Å². The van der Waals surface area contributed by atoms with Gasteiger partial charge in [-0.15, -0.1) is 0 Å². The van der Waals surface area contributed by atoms with Crippen LogP contribution in [0.3, 0.4) is 0 Å². The zero-order valence-corrected chi connectivity index (χ0v) is 17.4. The van der Waals surface area contributed by atoms with Crippen LogP contribution in [-0.4, -0.2) is 61.1 Å². The van der Waals surface area contributed by atoms with Crippen LogP contribution < -0.4 is 10.2 Å². The summed E-state index contributed by atoms with van der Waals surface area (Å²) in [6.07, 6.45) is 1.67. The van der Waals surface area contributed by atoms with Crippen molar-refractivity contribution in [1.29, 1.82) is 0 Å². The molecule has 0 spiro atoms. The third-order valence-corrected chi connectivity index (χ3v) is 4.94. The van der Waals surface area contributed by atoms with Gasteiger partial charge in [0.05, 0.1) is 18.8 Å². The van der Waals surface area contributed by atoms with Gasteiger partial charge in [-0.3, -0.25) is 19.3 Å². The lowest BCUT2D eigenvalue weighted by Crippen LogP contribution is -2.33. The summed E-state index contributed by atoms with van der Waals surface area (Å²) >= 11 is 0. The molecule has 1 N–H and O–H groups in total. The molecule has 1 aromatic rings. The van der Waals surface area contributed by atoms with Crippen LogP contribution in [0.25, 0.3) is 5.57 Å². The number of nitrogens with one attached hydrogen (secondary N) is 1. The molecule has 10 heteroatoms. The van der Waals surface area contributed by atoms with Gasteiger partial charge >= 0.3 is 12.1 Å². The maximum absolute atomic E-state index is 14.9. The van der Waals surface area contributed by atoms with Gasteiger partial charge in [0.25, 0.3) is 5.91 Å². The van der Waals surface area contributed by atoms with Crippen molar-refractivity contribution in [2.24, 2.45) is 0 Å².